The van der Waals surface area contributed by atoms with E-state index >= 15 is 0 Å². The van der Waals surface area contributed by atoms with Gasteiger partial charge in [-0.1, -0.05) is 36.4 Å². The van der Waals surface area contributed by atoms with Crippen molar-refractivity contribution >= 4 is 10.0 Å². The van der Waals surface area contributed by atoms with Crippen molar-refractivity contribution in [2.45, 2.75) is 24.2 Å². The first-order valence-corrected chi connectivity index (χ1v) is 12.1. The van der Waals surface area contributed by atoms with Gasteiger partial charge in [-0.05, 0) is 60.0 Å². The Labute approximate surface area is 207 Å². The molecular formula is C25H17F6N3O2S. The zero-order valence-electron chi connectivity index (χ0n) is 18.9. The average Bonchev–Trinajstić information content (AvgIpc) is 2.82. The number of aromatic nitrogens is 2. The van der Waals surface area contributed by atoms with E-state index in [0.717, 1.165) is 18.2 Å². The molecule has 0 saturated carbocycles. The molecule has 4 rings (SSSR count). The number of alkyl halides is 6. The fraction of sp³-hybridized carbons (Fsp3) is 0.120. The number of primary sulfonamides is 1. The first kappa shape index (κ1) is 26.3. The quantitative estimate of drug-likeness (QED) is 0.302. The van der Waals surface area contributed by atoms with Gasteiger partial charge in [-0.2, -0.15) is 26.3 Å². The Morgan fingerprint density at radius 3 is 1.92 bits per heavy atom. The van der Waals surface area contributed by atoms with Crippen molar-refractivity contribution in [3.63, 3.8) is 0 Å². The molecule has 0 fully saturated rings. The normalized spacial score (nSPS) is 12.5. The predicted molar refractivity (Wildman–Crippen MR) is 124 cm³/mol. The molecule has 0 bridgehead atoms. The topological polar surface area (TPSA) is 85.9 Å². The van der Waals surface area contributed by atoms with E-state index in [2.05, 4.69) is 9.97 Å². The summed E-state index contributed by atoms with van der Waals surface area (Å²) in [6.07, 6.45) is -9.47. The Bertz CT molecular complexity index is 1600. The largest absolute Gasteiger partial charge is 0.433 e. The monoisotopic (exact) mass is 537 g/mol. The Morgan fingerprint density at radius 1 is 0.703 bits per heavy atom. The SMILES string of the molecule is Cc1cc(-c2cc(C(F)(F)F)nc(-c3cccc(-c4cccc(S(N)(=O)=O)c4)c3)n2)ccc1C(F)(F)F. The molecule has 0 saturated heterocycles. The summed E-state index contributed by atoms with van der Waals surface area (Å²) in [6, 6.07) is 15.4. The molecule has 12 heteroatoms. The van der Waals surface area contributed by atoms with E-state index in [9.17, 15) is 34.8 Å². The highest BCUT2D eigenvalue weighted by atomic mass is 32.2. The van der Waals surface area contributed by atoms with E-state index in [-0.39, 0.29) is 33.1 Å². The van der Waals surface area contributed by atoms with Gasteiger partial charge in [0.05, 0.1) is 16.2 Å². The second-order valence-electron chi connectivity index (χ2n) is 8.14. The molecule has 1 aromatic heterocycles. The first-order chi connectivity index (χ1) is 17.1. The number of rotatable bonds is 4. The molecule has 0 amide bonds. The molecule has 3 aromatic carbocycles. The van der Waals surface area contributed by atoms with E-state index in [1.54, 1.807) is 12.1 Å². The Morgan fingerprint density at radius 2 is 1.32 bits per heavy atom. The molecule has 5 nitrogen and oxygen atoms in total. The summed E-state index contributed by atoms with van der Waals surface area (Å²) >= 11 is 0. The van der Waals surface area contributed by atoms with Crippen LogP contribution in [0.25, 0.3) is 33.8 Å². The number of nitrogens with two attached hydrogens (primary N) is 1. The lowest BCUT2D eigenvalue weighted by atomic mass is 10.0. The average molecular weight is 537 g/mol. The van der Waals surface area contributed by atoms with Gasteiger partial charge in [0, 0.05) is 11.1 Å². The van der Waals surface area contributed by atoms with Gasteiger partial charge >= 0.3 is 12.4 Å². The molecule has 0 aliphatic heterocycles. The van der Waals surface area contributed by atoms with Gasteiger partial charge in [0.25, 0.3) is 0 Å². The third-order valence-electron chi connectivity index (χ3n) is 5.46. The lowest BCUT2D eigenvalue weighted by Crippen LogP contribution is -2.11. The van der Waals surface area contributed by atoms with Gasteiger partial charge in [0.1, 0.15) is 5.69 Å². The molecule has 0 unspecified atom stereocenters. The number of hydrogen-bond acceptors (Lipinski definition) is 4. The summed E-state index contributed by atoms with van der Waals surface area (Å²) in [5.41, 5.74) is -1.45. The van der Waals surface area contributed by atoms with Crippen LogP contribution in [0.15, 0.2) is 77.7 Å². The molecule has 4 aromatic rings. The summed E-state index contributed by atoms with van der Waals surface area (Å²) in [5.74, 6) is -0.313. The van der Waals surface area contributed by atoms with Crippen LogP contribution >= 0.6 is 0 Å². The van der Waals surface area contributed by atoms with Crippen LogP contribution < -0.4 is 5.14 Å². The van der Waals surface area contributed by atoms with Crippen LogP contribution in [0.5, 0.6) is 0 Å². The molecule has 192 valence electrons. The van der Waals surface area contributed by atoms with E-state index < -0.39 is 33.6 Å². The third-order valence-corrected chi connectivity index (χ3v) is 6.37. The van der Waals surface area contributed by atoms with Crippen molar-refractivity contribution in [1.82, 2.24) is 9.97 Å². The van der Waals surface area contributed by atoms with Crippen LogP contribution in [0.2, 0.25) is 0 Å². The molecule has 37 heavy (non-hydrogen) atoms. The highest BCUT2D eigenvalue weighted by molar-refractivity contribution is 7.89. The van der Waals surface area contributed by atoms with Gasteiger partial charge < -0.3 is 0 Å². The van der Waals surface area contributed by atoms with Crippen molar-refractivity contribution in [3.05, 3.63) is 89.6 Å². The predicted octanol–water partition coefficient (Wildman–Crippen LogP) is 6.47. The maximum Gasteiger partial charge on any atom is 0.433 e. The summed E-state index contributed by atoms with van der Waals surface area (Å²) in [6.45, 7) is 1.21. The number of hydrogen-bond donors (Lipinski definition) is 1. The van der Waals surface area contributed by atoms with Crippen LogP contribution in [0.1, 0.15) is 16.8 Å². The van der Waals surface area contributed by atoms with E-state index in [1.807, 2.05) is 0 Å². The molecule has 0 aliphatic carbocycles. The fourth-order valence-electron chi connectivity index (χ4n) is 3.70. The van der Waals surface area contributed by atoms with E-state index in [4.69, 9.17) is 5.14 Å². The summed E-state index contributed by atoms with van der Waals surface area (Å²) in [7, 11) is -3.99. The lowest BCUT2D eigenvalue weighted by molar-refractivity contribution is -0.141. The molecule has 0 spiro atoms. The minimum Gasteiger partial charge on any atom is -0.228 e. The van der Waals surface area contributed by atoms with Gasteiger partial charge in [-0.3, -0.25) is 0 Å². The molecular weight excluding hydrogens is 520 g/mol. The van der Waals surface area contributed by atoms with Crippen molar-refractivity contribution in [2.24, 2.45) is 5.14 Å². The number of halogens is 6. The van der Waals surface area contributed by atoms with Gasteiger partial charge in [-0.25, -0.2) is 23.5 Å². The van der Waals surface area contributed by atoms with Gasteiger partial charge in [-0.15, -0.1) is 0 Å². The number of nitrogens with zero attached hydrogens (tertiary/aromatic N) is 2. The van der Waals surface area contributed by atoms with Crippen molar-refractivity contribution in [3.8, 4) is 33.8 Å². The first-order valence-electron chi connectivity index (χ1n) is 10.5. The maximum atomic E-state index is 13.7. The standard InChI is InChI=1S/C25H17F6N3O2S/c1-14-10-17(8-9-20(14)24(26,27)28)21-13-22(25(29,30)31)34-23(33-21)18-6-2-4-15(11-18)16-5-3-7-19(12-16)37(32,35)36/h2-13H,1H3,(H2,32,35,36). The Hall–Kier alpha value is -3.77. The Kier molecular flexibility index (Phi) is 6.59. The van der Waals surface area contributed by atoms with Crippen LogP contribution in [-0.4, -0.2) is 18.4 Å². The lowest BCUT2D eigenvalue weighted by Gasteiger charge is -2.14. The number of sulfonamides is 1. The fourth-order valence-corrected chi connectivity index (χ4v) is 4.26. The number of aryl methyl sites for hydroxylation is 1. The minimum atomic E-state index is -4.85. The molecule has 2 N–H and O–H groups in total. The minimum absolute atomic E-state index is 0.0525. The van der Waals surface area contributed by atoms with E-state index in [0.29, 0.717) is 17.2 Å². The van der Waals surface area contributed by atoms with Crippen LogP contribution in [0.4, 0.5) is 26.3 Å². The highest BCUT2D eigenvalue weighted by Crippen LogP contribution is 2.36. The van der Waals surface area contributed by atoms with Crippen LogP contribution in [0.3, 0.4) is 0 Å². The Balaban J connectivity index is 1.85. The summed E-state index contributed by atoms with van der Waals surface area (Å²) < 4.78 is 104. The zero-order chi connectivity index (χ0) is 27.2. The van der Waals surface area contributed by atoms with Gasteiger partial charge in [0.2, 0.25) is 10.0 Å². The summed E-state index contributed by atoms with van der Waals surface area (Å²) in [4.78, 5) is 7.70. The zero-order valence-corrected chi connectivity index (χ0v) is 19.7. The molecule has 0 atom stereocenters. The number of benzene rings is 3. The highest BCUT2D eigenvalue weighted by Gasteiger charge is 2.35. The summed E-state index contributed by atoms with van der Waals surface area (Å²) in [5, 5.41) is 5.18. The van der Waals surface area contributed by atoms with E-state index in [1.165, 1.54) is 43.3 Å². The second kappa shape index (κ2) is 9.27. The third kappa shape index (κ3) is 5.81. The second-order valence-corrected chi connectivity index (χ2v) is 9.70. The van der Waals surface area contributed by atoms with Gasteiger partial charge in [0.15, 0.2) is 5.82 Å². The smallest absolute Gasteiger partial charge is 0.228 e. The van der Waals surface area contributed by atoms with Crippen LogP contribution in [-0.2, 0) is 22.4 Å². The van der Waals surface area contributed by atoms with Crippen molar-refractivity contribution in [1.29, 1.82) is 0 Å². The van der Waals surface area contributed by atoms with Crippen molar-refractivity contribution < 1.29 is 34.8 Å². The van der Waals surface area contributed by atoms with Crippen LogP contribution in [0, 0.1) is 6.92 Å². The maximum absolute atomic E-state index is 13.7. The molecule has 0 aliphatic rings. The molecule has 1 heterocycles. The molecule has 0 radical (unpaired) electrons. The van der Waals surface area contributed by atoms with Crippen molar-refractivity contribution in [2.75, 3.05) is 0 Å².